The Hall–Kier alpha value is -2.93. The van der Waals surface area contributed by atoms with Crippen LogP contribution >= 0.6 is 0 Å². The van der Waals surface area contributed by atoms with Crippen molar-refractivity contribution in [3.8, 4) is 5.75 Å². The van der Waals surface area contributed by atoms with Crippen LogP contribution in [0.2, 0.25) is 0 Å². The molecule has 2 unspecified atom stereocenters. The molecule has 0 bridgehead atoms. The summed E-state index contributed by atoms with van der Waals surface area (Å²) in [7, 11) is 0. The highest BCUT2D eigenvalue weighted by Gasteiger charge is 2.26. The second kappa shape index (κ2) is 9.52. The molecule has 2 atom stereocenters. The van der Waals surface area contributed by atoms with Gasteiger partial charge in [-0.2, -0.15) is 0 Å². The first-order valence-corrected chi connectivity index (χ1v) is 9.49. The number of hydrogen-bond donors (Lipinski definition) is 0. The predicted molar refractivity (Wildman–Crippen MR) is 104 cm³/mol. The number of esters is 1. The second-order valence-corrected chi connectivity index (χ2v) is 7.04. The second-order valence-electron chi connectivity index (χ2n) is 7.04. The fourth-order valence-electron chi connectivity index (χ4n) is 3.18. The number of ether oxygens (including phenoxy) is 3. The van der Waals surface area contributed by atoms with Crippen molar-refractivity contribution >= 4 is 11.9 Å². The average molecular weight is 401 g/mol. The van der Waals surface area contributed by atoms with Crippen molar-refractivity contribution < 1.29 is 28.2 Å². The lowest BCUT2D eigenvalue weighted by molar-refractivity contribution is -0.146. The molecule has 7 heteroatoms. The number of carbonyl (C=O) groups excluding carboxylic acids is 2. The topological polar surface area (TPSA) is 65.1 Å². The van der Waals surface area contributed by atoms with E-state index in [9.17, 15) is 14.0 Å². The molecule has 154 valence electrons. The van der Waals surface area contributed by atoms with Crippen molar-refractivity contribution in [2.24, 2.45) is 0 Å². The van der Waals surface area contributed by atoms with Gasteiger partial charge in [-0.1, -0.05) is 24.3 Å². The summed E-state index contributed by atoms with van der Waals surface area (Å²) < 4.78 is 29.5. The highest BCUT2D eigenvalue weighted by atomic mass is 19.1. The van der Waals surface area contributed by atoms with E-state index in [0.29, 0.717) is 18.8 Å². The largest absolute Gasteiger partial charge is 0.488 e. The van der Waals surface area contributed by atoms with E-state index in [-0.39, 0.29) is 42.7 Å². The number of benzene rings is 2. The maximum absolute atomic E-state index is 13.0. The van der Waals surface area contributed by atoms with Gasteiger partial charge in [-0.05, 0) is 43.7 Å². The summed E-state index contributed by atoms with van der Waals surface area (Å²) in [5.74, 6) is -0.887. The number of para-hydroxylation sites is 1. The Bertz CT molecular complexity index is 845. The first kappa shape index (κ1) is 20.8. The molecule has 1 amide bonds. The molecule has 0 saturated carbocycles. The van der Waals surface area contributed by atoms with E-state index < -0.39 is 5.97 Å². The highest BCUT2D eigenvalue weighted by Crippen LogP contribution is 2.21. The molecule has 0 aliphatic carbocycles. The van der Waals surface area contributed by atoms with Gasteiger partial charge in [0.25, 0.3) is 5.91 Å². The van der Waals surface area contributed by atoms with Gasteiger partial charge in [-0.3, -0.25) is 4.79 Å². The number of nitrogens with zero attached hydrogens (tertiary/aromatic N) is 1. The molecule has 29 heavy (non-hydrogen) atoms. The van der Waals surface area contributed by atoms with E-state index in [1.165, 1.54) is 12.1 Å². The normalized spacial score (nSPS) is 18.9. The Kier molecular flexibility index (Phi) is 6.82. The fraction of sp³-hybridized carbons (Fsp3) is 0.364. The summed E-state index contributed by atoms with van der Waals surface area (Å²) in [5, 5.41) is 0. The smallest absolute Gasteiger partial charge is 0.342 e. The summed E-state index contributed by atoms with van der Waals surface area (Å²) in [6.45, 7) is 4.57. The van der Waals surface area contributed by atoms with Crippen molar-refractivity contribution in [3.05, 3.63) is 65.5 Å². The van der Waals surface area contributed by atoms with Gasteiger partial charge in [0.15, 0.2) is 6.61 Å². The predicted octanol–water partition coefficient (Wildman–Crippen LogP) is 3.20. The third-order valence-corrected chi connectivity index (χ3v) is 4.51. The molecule has 1 saturated heterocycles. The van der Waals surface area contributed by atoms with Gasteiger partial charge in [-0.15, -0.1) is 0 Å². The molecule has 1 heterocycles. The minimum Gasteiger partial charge on any atom is -0.488 e. The molecule has 2 aromatic rings. The van der Waals surface area contributed by atoms with Gasteiger partial charge in [0.2, 0.25) is 0 Å². The van der Waals surface area contributed by atoms with Crippen LogP contribution in [0.4, 0.5) is 4.39 Å². The summed E-state index contributed by atoms with van der Waals surface area (Å²) in [6, 6.07) is 12.6. The minimum absolute atomic E-state index is 0.0565. The van der Waals surface area contributed by atoms with Crippen LogP contribution in [0.15, 0.2) is 48.5 Å². The van der Waals surface area contributed by atoms with Gasteiger partial charge in [0, 0.05) is 13.1 Å². The molecule has 1 aliphatic heterocycles. The zero-order chi connectivity index (χ0) is 20.8. The monoisotopic (exact) mass is 401 g/mol. The van der Waals surface area contributed by atoms with Crippen LogP contribution in [0, 0.1) is 5.82 Å². The maximum Gasteiger partial charge on any atom is 0.342 e. The Balaban J connectivity index is 1.58. The van der Waals surface area contributed by atoms with Crippen LogP contribution in [0.25, 0.3) is 0 Å². The molecule has 0 spiro atoms. The molecule has 3 rings (SSSR count). The first-order valence-electron chi connectivity index (χ1n) is 9.49. The third-order valence-electron chi connectivity index (χ3n) is 4.51. The Morgan fingerprint density at radius 3 is 2.41 bits per heavy atom. The summed E-state index contributed by atoms with van der Waals surface area (Å²) in [4.78, 5) is 26.5. The van der Waals surface area contributed by atoms with Crippen molar-refractivity contribution in [2.45, 2.75) is 32.7 Å². The van der Waals surface area contributed by atoms with Gasteiger partial charge in [0.1, 0.15) is 23.7 Å². The Labute approximate surface area is 169 Å². The first-order chi connectivity index (χ1) is 13.9. The zero-order valence-electron chi connectivity index (χ0n) is 16.5. The average Bonchev–Trinajstić information content (AvgIpc) is 2.71. The van der Waals surface area contributed by atoms with Crippen molar-refractivity contribution in [2.75, 3.05) is 19.7 Å². The molecular weight excluding hydrogens is 377 g/mol. The van der Waals surface area contributed by atoms with Crippen LogP contribution in [0.5, 0.6) is 5.75 Å². The fourth-order valence-corrected chi connectivity index (χ4v) is 3.18. The van der Waals surface area contributed by atoms with E-state index in [1.54, 1.807) is 41.3 Å². The summed E-state index contributed by atoms with van der Waals surface area (Å²) >= 11 is 0. The van der Waals surface area contributed by atoms with E-state index in [0.717, 1.165) is 5.56 Å². The van der Waals surface area contributed by atoms with Crippen LogP contribution in [-0.4, -0.2) is 48.7 Å². The van der Waals surface area contributed by atoms with Crippen LogP contribution in [0.1, 0.15) is 29.8 Å². The molecule has 0 aromatic heterocycles. The quantitative estimate of drug-likeness (QED) is 0.696. The molecular formula is C22H24FNO5. The van der Waals surface area contributed by atoms with Gasteiger partial charge in [0.05, 0.1) is 12.2 Å². The minimum atomic E-state index is -0.637. The molecule has 0 N–H and O–H groups in total. The van der Waals surface area contributed by atoms with E-state index in [2.05, 4.69) is 0 Å². The number of halogens is 1. The SMILES string of the molecule is CC1CN(C(=O)COC(=O)c2ccccc2OCc2ccc(F)cc2)CC(C)O1. The van der Waals surface area contributed by atoms with Crippen LogP contribution in [0.3, 0.4) is 0 Å². The Morgan fingerprint density at radius 1 is 1.07 bits per heavy atom. The van der Waals surface area contributed by atoms with Crippen molar-refractivity contribution in [1.29, 1.82) is 0 Å². The van der Waals surface area contributed by atoms with Gasteiger partial charge in [-0.25, -0.2) is 9.18 Å². The third kappa shape index (κ3) is 5.77. The molecule has 1 fully saturated rings. The Morgan fingerprint density at radius 2 is 1.72 bits per heavy atom. The lowest BCUT2D eigenvalue weighted by Gasteiger charge is -2.35. The van der Waals surface area contributed by atoms with Crippen molar-refractivity contribution in [1.82, 2.24) is 4.90 Å². The van der Waals surface area contributed by atoms with E-state index >= 15 is 0 Å². The van der Waals surface area contributed by atoms with Crippen LogP contribution in [-0.2, 0) is 20.9 Å². The standard InChI is InChI=1S/C22H24FNO5/c1-15-11-24(12-16(2)29-15)21(25)14-28-22(26)19-5-3-4-6-20(19)27-13-17-7-9-18(23)10-8-17/h3-10,15-16H,11-14H2,1-2H3. The summed E-state index contributed by atoms with van der Waals surface area (Å²) in [5.41, 5.74) is 0.992. The molecule has 6 nitrogen and oxygen atoms in total. The maximum atomic E-state index is 13.0. The number of amides is 1. The van der Waals surface area contributed by atoms with Gasteiger partial charge >= 0.3 is 5.97 Å². The van der Waals surface area contributed by atoms with Crippen molar-refractivity contribution in [3.63, 3.8) is 0 Å². The lowest BCUT2D eigenvalue weighted by Crippen LogP contribution is -2.49. The number of carbonyl (C=O) groups is 2. The highest BCUT2D eigenvalue weighted by molar-refractivity contribution is 5.94. The number of hydrogen-bond acceptors (Lipinski definition) is 5. The van der Waals surface area contributed by atoms with Crippen LogP contribution < -0.4 is 4.74 Å². The summed E-state index contributed by atoms with van der Waals surface area (Å²) in [6.07, 6.45) is -0.113. The van der Waals surface area contributed by atoms with Gasteiger partial charge < -0.3 is 19.1 Å². The zero-order valence-corrected chi connectivity index (χ0v) is 16.5. The molecule has 0 radical (unpaired) electrons. The molecule has 2 aromatic carbocycles. The van der Waals surface area contributed by atoms with E-state index in [4.69, 9.17) is 14.2 Å². The van der Waals surface area contributed by atoms with E-state index in [1.807, 2.05) is 13.8 Å². The number of rotatable bonds is 6. The number of morpholine rings is 1. The lowest BCUT2D eigenvalue weighted by atomic mass is 10.2. The molecule has 1 aliphatic rings.